The Kier molecular flexibility index (Phi) is 7.14. The van der Waals surface area contributed by atoms with Crippen LogP contribution in [0.3, 0.4) is 0 Å². The van der Waals surface area contributed by atoms with E-state index >= 15 is 0 Å². The van der Waals surface area contributed by atoms with Crippen LogP contribution in [0, 0.1) is 11.8 Å². The van der Waals surface area contributed by atoms with E-state index in [0.717, 1.165) is 37.5 Å². The Labute approximate surface area is 227 Å². The molecule has 4 fully saturated rings. The van der Waals surface area contributed by atoms with Gasteiger partial charge < -0.3 is 20.2 Å². The number of rotatable bonds is 7. The zero-order valence-corrected chi connectivity index (χ0v) is 22.2. The van der Waals surface area contributed by atoms with Crippen molar-refractivity contribution in [1.29, 1.82) is 0 Å². The minimum absolute atomic E-state index is 0.0645. The van der Waals surface area contributed by atoms with Crippen molar-refractivity contribution in [2.45, 2.75) is 94.8 Å². The summed E-state index contributed by atoms with van der Waals surface area (Å²) in [7, 11) is 0. The summed E-state index contributed by atoms with van der Waals surface area (Å²) in [6, 6.07) is 8.74. The molecule has 5 atom stereocenters. The van der Waals surface area contributed by atoms with E-state index in [-0.39, 0.29) is 11.7 Å². The lowest BCUT2D eigenvalue weighted by Crippen LogP contribution is -2.52. The third kappa shape index (κ3) is 5.06. The number of nitrogens with two attached hydrogens (primary N) is 1. The Morgan fingerprint density at radius 1 is 0.949 bits per heavy atom. The highest BCUT2D eigenvalue weighted by Crippen LogP contribution is 2.47. The van der Waals surface area contributed by atoms with Gasteiger partial charge in [-0.1, -0.05) is 43.0 Å². The molecule has 1 aromatic heterocycles. The fraction of sp³-hybridized carbons (Fsp3) is 0.621. The van der Waals surface area contributed by atoms with Gasteiger partial charge in [0.25, 0.3) is 11.5 Å². The quantitative estimate of drug-likeness (QED) is 0.410. The van der Waals surface area contributed by atoms with E-state index < -0.39 is 29.8 Å². The van der Waals surface area contributed by atoms with Crippen LogP contribution < -0.4 is 11.3 Å². The van der Waals surface area contributed by atoms with Crippen molar-refractivity contribution in [1.82, 2.24) is 14.5 Å². The van der Waals surface area contributed by atoms with Gasteiger partial charge in [0, 0.05) is 24.2 Å². The Balaban J connectivity index is 1.33. The molecule has 1 aromatic carbocycles. The predicted octanol–water partition coefficient (Wildman–Crippen LogP) is 3.21. The lowest BCUT2D eigenvalue weighted by molar-refractivity contribution is -0.130. The standard InChI is InChI=1S/C29H37N5O5/c30-25(35)16-39-32-27(29(37)38)26-28(36)34(24-8-4-3-7-23(24)31-26)22-14-19-9-10-20(15-22)33(19)21-12-17-5-1-2-6-18(11-17)13-21/h3-4,7-8,17-22H,1-2,5-6,9-16H2,(H2,30,35)(H,37,38)/b32-27-/t17?,18?,19-,20+,21?,22+. The van der Waals surface area contributed by atoms with Crippen molar-refractivity contribution < 1.29 is 19.5 Å². The number of benzene rings is 1. The van der Waals surface area contributed by atoms with Crippen LogP contribution in [-0.2, 0) is 14.4 Å². The van der Waals surface area contributed by atoms with Crippen LogP contribution in [-0.4, -0.2) is 61.9 Å². The molecule has 10 heteroatoms. The summed E-state index contributed by atoms with van der Waals surface area (Å²) in [4.78, 5) is 49.1. The van der Waals surface area contributed by atoms with Gasteiger partial charge in [0.1, 0.15) is 0 Å². The number of carbonyl (C=O) groups is 2. The Morgan fingerprint density at radius 2 is 1.62 bits per heavy atom. The summed E-state index contributed by atoms with van der Waals surface area (Å²) in [6.45, 7) is -0.594. The molecule has 2 saturated heterocycles. The van der Waals surface area contributed by atoms with Crippen LogP contribution in [0.4, 0.5) is 0 Å². The highest BCUT2D eigenvalue weighted by molar-refractivity contribution is 6.41. The normalized spacial score (nSPS) is 31.1. The van der Waals surface area contributed by atoms with Gasteiger partial charge in [0.15, 0.2) is 12.3 Å². The van der Waals surface area contributed by atoms with Crippen LogP contribution in [0.1, 0.15) is 82.4 Å². The molecular weight excluding hydrogens is 498 g/mol. The maximum absolute atomic E-state index is 13.9. The molecular formula is C29H37N5O5. The van der Waals surface area contributed by atoms with Gasteiger partial charge in [-0.15, -0.1) is 0 Å². The summed E-state index contributed by atoms with van der Waals surface area (Å²) >= 11 is 0. The van der Waals surface area contributed by atoms with Crippen molar-refractivity contribution >= 4 is 28.6 Å². The van der Waals surface area contributed by atoms with E-state index in [2.05, 4.69) is 15.0 Å². The number of carboxylic acid groups (broad SMARTS) is 1. The number of nitrogens with zero attached hydrogens (tertiary/aromatic N) is 4. The molecule has 10 nitrogen and oxygen atoms in total. The third-order valence-corrected chi connectivity index (χ3v) is 9.49. The second-order valence-corrected chi connectivity index (χ2v) is 11.9. The van der Waals surface area contributed by atoms with Crippen LogP contribution in [0.5, 0.6) is 0 Å². The molecule has 39 heavy (non-hydrogen) atoms. The molecule has 3 N–H and O–H groups in total. The van der Waals surface area contributed by atoms with Gasteiger partial charge >= 0.3 is 5.97 Å². The van der Waals surface area contributed by atoms with Crippen molar-refractivity contribution in [3.05, 3.63) is 40.3 Å². The number of piperidine rings is 1. The summed E-state index contributed by atoms with van der Waals surface area (Å²) in [5.41, 5.74) is 4.86. The number of carboxylic acids is 1. The van der Waals surface area contributed by atoms with Crippen molar-refractivity contribution in [3.63, 3.8) is 0 Å². The van der Waals surface area contributed by atoms with Crippen LogP contribution in [0.2, 0.25) is 0 Å². The minimum Gasteiger partial charge on any atom is -0.476 e. The molecule has 2 unspecified atom stereocenters. The molecule has 208 valence electrons. The van der Waals surface area contributed by atoms with Crippen molar-refractivity contribution in [3.8, 4) is 0 Å². The monoisotopic (exact) mass is 535 g/mol. The highest BCUT2D eigenvalue weighted by Gasteiger charge is 2.47. The lowest BCUT2D eigenvalue weighted by Gasteiger charge is -2.48. The molecule has 6 rings (SSSR count). The van der Waals surface area contributed by atoms with Gasteiger partial charge in [-0.3, -0.25) is 14.5 Å². The third-order valence-electron chi connectivity index (χ3n) is 9.49. The number of aliphatic carboxylic acids is 1. The van der Waals surface area contributed by atoms with E-state index in [9.17, 15) is 19.5 Å². The number of fused-ring (bicyclic) bond motifs is 5. The van der Waals surface area contributed by atoms with E-state index in [4.69, 9.17) is 10.6 Å². The van der Waals surface area contributed by atoms with Gasteiger partial charge in [0.05, 0.1) is 11.0 Å². The summed E-state index contributed by atoms with van der Waals surface area (Å²) in [6.07, 6.45) is 13.5. The second kappa shape index (κ2) is 10.7. The number of hydrogen-bond donors (Lipinski definition) is 2. The largest absolute Gasteiger partial charge is 0.476 e. The minimum atomic E-state index is -1.46. The van der Waals surface area contributed by atoms with Crippen molar-refractivity contribution in [2.75, 3.05) is 6.61 Å². The molecule has 4 aliphatic rings. The fourth-order valence-electron chi connectivity index (χ4n) is 8.12. The molecule has 4 bridgehead atoms. The van der Waals surface area contributed by atoms with Crippen LogP contribution in [0.25, 0.3) is 11.0 Å². The Hall–Kier alpha value is -3.27. The molecule has 2 aromatic rings. The Bertz CT molecular complexity index is 1330. The van der Waals surface area contributed by atoms with Gasteiger partial charge in [-0.2, -0.15) is 0 Å². The summed E-state index contributed by atoms with van der Waals surface area (Å²) in [5.74, 6) is -0.548. The SMILES string of the molecule is NC(=O)CO/N=C(\C(=O)O)c1nc2ccccc2n([C@H]2C[C@H]3CC[C@@H](C2)N3C2CC3CCCCC(C3)C2)c1=O. The zero-order chi connectivity index (χ0) is 27.1. The average molecular weight is 536 g/mol. The number of primary amides is 1. The predicted molar refractivity (Wildman–Crippen MR) is 145 cm³/mol. The summed E-state index contributed by atoms with van der Waals surface area (Å²) < 4.78 is 1.74. The zero-order valence-electron chi connectivity index (χ0n) is 22.2. The maximum atomic E-state index is 13.9. The first-order valence-corrected chi connectivity index (χ1v) is 14.4. The molecule has 2 saturated carbocycles. The van der Waals surface area contributed by atoms with E-state index in [0.29, 0.717) is 29.2 Å². The van der Waals surface area contributed by atoms with Gasteiger partial charge in [0.2, 0.25) is 5.71 Å². The van der Waals surface area contributed by atoms with E-state index in [1.807, 2.05) is 18.2 Å². The molecule has 0 spiro atoms. The maximum Gasteiger partial charge on any atom is 0.360 e. The Morgan fingerprint density at radius 3 is 2.26 bits per heavy atom. The fourth-order valence-corrected chi connectivity index (χ4v) is 8.12. The highest BCUT2D eigenvalue weighted by atomic mass is 16.6. The number of aromatic nitrogens is 2. The van der Waals surface area contributed by atoms with E-state index in [1.54, 1.807) is 10.6 Å². The molecule has 0 radical (unpaired) electrons. The number of amides is 1. The topological polar surface area (TPSA) is 140 Å². The van der Waals surface area contributed by atoms with Crippen molar-refractivity contribution in [2.24, 2.45) is 22.7 Å². The summed E-state index contributed by atoms with van der Waals surface area (Å²) in [5, 5.41) is 13.4. The lowest BCUT2D eigenvalue weighted by atomic mass is 9.76. The number of hydrogen-bond acceptors (Lipinski definition) is 7. The van der Waals surface area contributed by atoms with Gasteiger partial charge in [-0.05, 0) is 68.9 Å². The van der Waals surface area contributed by atoms with Gasteiger partial charge in [-0.25, -0.2) is 9.78 Å². The van der Waals surface area contributed by atoms with Crippen LogP contribution >= 0.6 is 0 Å². The second-order valence-electron chi connectivity index (χ2n) is 11.9. The smallest absolute Gasteiger partial charge is 0.360 e. The average Bonchev–Trinajstić information content (AvgIpc) is 3.06. The molecule has 3 heterocycles. The van der Waals surface area contributed by atoms with Crippen LogP contribution in [0.15, 0.2) is 34.2 Å². The van der Waals surface area contributed by atoms with E-state index in [1.165, 1.54) is 44.9 Å². The number of oxime groups is 1. The first-order chi connectivity index (χ1) is 18.9. The first kappa shape index (κ1) is 26.0. The molecule has 2 aliphatic carbocycles. The number of para-hydroxylation sites is 2. The molecule has 1 amide bonds. The molecule has 2 aliphatic heterocycles. The number of carbonyl (C=O) groups excluding carboxylic acids is 1. The first-order valence-electron chi connectivity index (χ1n) is 14.4.